The molecule has 0 radical (unpaired) electrons. The summed E-state index contributed by atoms with van der Waals surface area (Å²) in [6.07, 6.45) is 0. The molecule has 0 fully saturated rings. The Labute approximate surface area is 156 Å². The third-order valence-electron chi connectivity index (χ3n) is 4.47. The molecule has 0 saturated carbocycles. The Morgan fingerprint density at radius 2 is 0.885 bits per heavy atom. The Morgan fingerprint density at radius 3 is 1.42 bits per heavy atom. The second-order valence-electron chi connectivity index (χ2n) is 6.69. The Morgan fingerprint density at radius 1 is 0.462 bits per heavy atom. The molecule has 0 heteroatoms. The van der Waals surface area contributed by atoms with Crippen molar-refractivity contribution in [2.45, 2.75) is 27.7 Å². The van der Waals surface area contributed by atoms with Gasteiger partial charge in [0.25, 0.3) is 0 Å². The summed E-state index contributed by atoms with van der Waals surface area (Å²) in [5.41, 5.74) is 9.19. The molecule has 0 amide bonds. The highest BCUT2D eigenvalue weighted by molar-refractivity contribution is 5.51. The van der Waals surface area contributed by atoms with Gasteiger partial charge in [0.1, 0.15) is 0 Å². The first-order valence-corrected chi connectivity index (χ1v) is 8.80. The predicted octanol–water partition coefficient (Wildman–Crippen LogP) is 5.72. The number of hydrogen-bond donors (Lipinski definition) is 0. The van der Waals surface area contributed by atoms with Crippen molar-refractivity contribution >= 4 is 0 Å². The standard InChI is InChI=1S/C26H22/c1-19-5-7-23(8-6-19)9-10-24-11-13-25(14-12-24)15-16-26-18-21(3)20(2)17-22(26)4/h5-8,11-14,17-18H,1-4H3. The van der Waals surface area contributed by atoms with Crippen LogP contribution in [0.1, 0.15) is 44.5 Å². The normalized spacial score (nSPS) is 9.69. The fraction of sp³-hybridized carbons (Fsp3) is 0.154. The van der Waals surface area contributed by atoms with Crippen molar-refractivity contribution in [2.24, 2.45) is 0 Å². The SMILES string of the molecule is Cc1ccc(C#Cc2ccc(C#Cc3cc(C)c(C)cc3C)cc2)cc1. The molecule has 0 aliphatic heterocycles. The van der Waals surface area contributed by atoms with Gasteiger partial charge in [-0.2, -0.15) is 0 Å². The van der Waals surface area contributed by atoms with Crippen molar-refractivity contribution in [1.82, 2.24) is 0 Å². The van der Waals surface area contributed by atoms with E-state index in [1.54, 1.807) is 0 Å². The van der Waals surface area contributed by atoms with Crippen LogP contribution in [0.15, 0.2) is 60.7 Å². The first kappa shape index (κ1) is 17.6. The predicted molar refractivity (Wildman–Crippen MR) is 110 cm³/mol. The van der Waals surface area contributed by atoms with Crippen molar-refractivity contribution in [3.05, 3.63) is 105 Å². The summed E-state index contributed by atoms with van der Waals surface area (Å²) in [7, 11) is 0. The molecule has 0 spiro atoms. The zero-order chi connectivity index (χ0) is 18.5. The second kappa shape index (κ2) is 7.77. The molecule has 0 aromatic heterocycles. The fourth-order valence-electron chi connectivity index (χ4n) is 2.65. The molecule has 0 N–H and O–H groups in total. The zero-order valence-electron chi connectivity index (χ0n) is 15.8. The maximum absolute atomic E-state index is 3.29. The summed E-state index contributed by atoms with van der Waals surface area (Å²) in [6, 6.07) is 20.7. The molecule has 0 saturated heterocycles. The molecule has 0 aliphatic carbocycles. The van der Waals surface area contributed by atoms with E-state index >= 15 is 0 Å². The van der Waals surface area contributed by atoms with Crippen LogP contribution in [0, 0.1) is 51.4 Å². The Bertz CT molecular complexity index is 1040. The van der Waals surface area contributed by atoms with Crippen molar-refractivity contribution in [3.63, 3.8) is 0 Å². The lowest BCUT2D eigenvalue weighted by molar-refractivity contribution is 1.28. The lowest BCUT2D eigenvalue weighted by Gasteiger charge is -2.04. The molecule has 3 rings (SSSR count). The monoisotopic (exact) mass is 334 g/mol. The van der Waals surface area contributed by atoms with Crippen molar-refractivity contribution in [3.8, 4) is 23.7 Å². The Hall–Kier alpha value is -3.22. The van der Waals surface area contributed by atoms with E-state index in [-0.39, 0.29) is 0 Å². The number of aryl methyl sites for hydroxylation is 4. The first-order valence-electron chi connectivity index (χ1n) is 8.80. The summed E-state index contributed by atoms with van der Waals surface area (Å²) >= 11 is 0. The van der Waals surface area contributed by atoms with Gasteiger partial charge in [0.2, 0.25) is 0 Å². The molecule has 3 aromatic rings. The maximum Gasteiger partial charge on any atom is 0.0281 e. The summed E-state index contributed by atoms with van der Waals surface area (Å²) in [5.74, 6) is 13.0. The quantitative estimate of drug-likeness (QED) is 0.461. The molecule has 0 bridgehead atoms. The molecule has 26 heavy (non-hydrogen) atoms. The van der Waals surface area contributed by atoms with Crippen molar-refractivity contribution < 1.29 is 0 Å². The van der Waals surface area contributed by atoms with E-state index in [0.717, 1.165) is 22.3 Å². The van der Waals surface area contributed by atoms with Crippen LogP contribution >= 0.6 is 0 Å². The van der Waals surface area contributed by atoms with E-state index in [0.29, 0.717) is 0 Å². The Balaban J connectivity index is 1.77. The highest BCUT2D eigenvalue weighted by atomic mass is 14.0. The molecule has 0 nitrogen and oxygen atoms in total. The minimum Gasteiger partial charge on any atom is -0.0617 e. The molecule has 0 atom stereocenters. The van der Waals surface area contributed by atoms with Crippen LogP contribution in [0.5, 0.6) is 0 Å². The van der Waals surface area contributed by atoms with E-state index in [1.165, 1.54) is 22.3 Å². The van der Waals surface area contributed by atoms with E-state index in [2.05, 4.69) is 75.6 Å². The average molecular weight is 334 g/mol. The van der Waals surface area contributed by atoms with Crippen LogP contribution in [0.25, 0.3) is 0 Å². The smallest absolute Gasteiger partial charge is 0.0281 e. The van der Waals surface area contributed by atoms with E-state index < -0.39 is 0 Å². The van der Waals surface area contributed by atoms with Crippen LogP contribution in [0.3, 0.4) is 0 Å². The highest BCUT2D eigenvalue weighted by Gasteiger charge is 1.99. The summed E-state index contributed by atoms with van der Waals surface area (Å²) in [5, 5.41) is 0. The van der Waals surface area contributed by atoms with Gasteiger partial charge in [0.15, 0.2) is 0 Å². The van der Waals surface area contributed by atoms with Gasteiger partial charge in [-0.1, -0.05) is 47.4 Å². The molecular weight excluding hydrogens is 312 g/mol. The lowest BCUT2D eigenvalue weighted by atomic mass is 10.0. The molecule has 126 valence electrons. The minimum absolute atomic E-state index is 0.999. The van der Waals surface area contributed by atoms with E-state index in [1.807, 2.05) is 36.4 Å². The van der Waals surface area contributed by atoms with Crippen molar-refractivity contribution in [2.75, 3.05) is 0 Å². The first-order chi connectivity index (χ1) is 12.5. The lowest BCUT2D eigenvalue weighted by Crippen LogP contribution is -1.88. The van der Waals surface area contributed by atoms with Crippen LogP contribution < -0.4 is 0 Å². The number of hydrogen-bond acceptors (Lipinski definition) is 0. The van der Waals surface area contributed by atoms with Gasteiger partial charge in [0, 0.05) is 22.3 Å². The van der Waals surface area contributed by atoms with Gasteiger partial charge >= 0.3 is 0 Å². The summed E-state index contributed by atoms with van der Waals surface area (Å²) < 4.78 is 0. The fourth-order valence-corrected chi connectivity index (χ4v) is 2.65. The van der Waals surface area contributed by atoms with Crippen LogP contribution in [-0.2, 0) is 0 Å². The molecule has 0 heterocycles. The minimum atomic E-state index is 0.999. The largest absolute Gasteiger partial charge is 0.0617 e. The molecule has 3 aromatic carbocycles. The van der Waals surface area contributed by atoms with Gasteiger partial charge in [-0.05, 0) is 86.8 Å². The summed E-state index contributed by atoms with van der Waals surface area (Å²) in [6.45, 7) is 8.45. The van der Waals surface area contributed by atoms with E-state index in [4.69, 9.17) is 0 Å². The van der Waals surface area contributed by atoms with Gasteiger partial charge in [-0.25, -0.2) is 0 Å². The van der Waals surface area contributed by atoms with Gasteiger partial charge in [0.05, 0.1) is 0 Å². The van der Waals surface area contributed by atoms with Gasteiger partial charge < -0.3 is 0 Å². The van der Waals surface area contributed by atoms with Crippen LogP contribution in [0.4, 0.5) is 0 Å². The second-order valence-corrected chi connectivity index (χ2v) is 6.69. The maximum atomic E-state index is 3.29. The van der Waals surface area contributed by atoms with Gasteiger partial charge in [-0.15, -0.1) is 0 Å². The number of benzene rings is 3. The topological polar surface area (TPSA) is 0 Å². The summed E-state index contributed by atoms with van der Waals surface area (Å²) in [4.78, 5) is 0. The molecule has 0 aliphatic rings. The van der Waals surface area contributed by atoms with Gasteiger partial charge in [-0.3, -0.25) is 0 Å². The van der Waals surface area contributed by atoms with Crippen LogP contribution in [0.2, 0.25) is 0 Å². The highest BCUT2D eigenvalue weighted by Crippen LogP contribution is 2.14. The van der Waals surface area contributed by atoms with Crippen molar-refractivity contribution in [1.29, 1.82) is 0 Å². The molecular formula is C26H22. The third kappa shape index (κ3) is 4.44. The molecule has 0 unspecified atom stereocenters. The average Bonchev–Trinajstić information content (AvgIpc) is 2.64. The van der Waals surface area contributed by atoms with E-state index in [9.17, 15) is 0 Å². The van der Waals surface area contributed by atoms with Crippen LogP contribution in [-0.4, -0.2) is 0 Å². The third-order valence-corrected chi connectivity index (χ3v) is 4.47. The number of rotatable bonds is 0. The Kier molecular flexibility index (Phi) is 5.26. The zero-order valence-corrected chi connectivity index (χ0v) is 15.8.